The Labute approximate surface area is 161 Å². The molecule has 3 aromatic rings. The number of anilines is 2. The van der Waals surface area contributed by atoms with Gasteiger partial charge in [-0.05, 0) is 32.3 Å². The molecule has 1 saturated carbocycles. The van der Waals surface area contributed by atoms with Crippen molar-refractivity contribution < 1.29 is 0 Å². The fraction of sp³-hybridized carbons (Fsp3) is 0.444. The quantitative estimate of drug-likeness (QED) is 0.676. The molecule has 3 N–H and O–H groups in total. The summed E-state index contributed by atoms with van der Waals surface area (Å²) in [7, 11) is 0. The molecule has 0 radical (unpaired) electrons. The Hall–Kier alpha value is -2.79. The van der Waals surface area contributed by atoms with Crippen LogP contribution in [0, 0.1) is 18.3 Å². The van der Waals surface area contributed by atoms with Gasteiger partial charge in [-0.1, -0.05) is 18.5 Å². The molecular formula is C18H21ClN8. The van der Waals surface area contributed by atoms with E-state index in [-0.39, 0.29) is 16.9 Å². The second-order valence-corrected chi connectivity index (χ2v) is 7.35. The van der Waals surface area contributed by atoms with E-state index in [1.165, 1.54) is 17.4 Å². The van der Waals surface area contributed by atoms with Gasteiger partial charge in [-0.2, -0.15) is 20.0 Å². The van der Waals surface area contributed by atoms with E-state index in [0.29, 0.717) is 28.7 Å². The molecule has 0 spiro atoms. The zero-order chi connectivity index (χ0) is 19.2. The number of hydrogen-bond donors (Lipinski definition) is 2. The van der Waals surface area contributed by atoms with Crippen LogP contribution in [0.4, 0.5) is 11.6 Å². The molecule has 0 unspecified atom stereocenters. The Morgan fingerprint density at radius 2 is 2.19 bits per heavy atom. The topological polar surface area (TPSA) is 110 Å². The lowest BCUT2D eigenvalue weighted by molar-refractivity contribution is 0.415. The largest absolute Gasteiger partial charge is 0.382 e. The number of nitrogens with zero attached hydrogens (tertiary/aromatic N) is 6. The zero-order valence-corrected chi connectivity index (χ0v) is 16.1. The van der Waals surface area contributed by atoms with Gasteiger partial charge in [0.25, 0.3) is 0 Å². The number of aromatic nitrogens is 5. The third-order valence-electron chi connectivity index (χ3n) is 5.30. The summed E-state index contributed by atoms with van der Waals surface area (Å²) in [6.45, 7) is 4.56. The van der Waals surface area contributed by atoms with Crippen molar-refractivity contribution in [2.75, 3.05) is 17.6 Å². The molecule has 1 aliphatic rings. The van der Waals surface area contributed by atoms with E-state index in [0.717, 1.165) is 18.5 Å². The predicted molar refractivity (Wildman–Crippen MR) is 104 cm³/mol. The van der Waals surface area contributed by atoms with Crippen LogP contribution in [0.15, 0.2) is 12.3 Å². The molecular weight excluding hydrogens is 364 g/mol. The molecule has 1 fully saturated rings. The molecule has 0 amide bonds. The molecule has 0 aromatic carbocycles. The number of fused-ring (bicyclic) bond motifs is 1. The van der Waals surface area contributed by atoms with Crippen LogP contribution in [0.1, 0.15) is 43.1 Å². The van der Waals surface area contributed by atoms with Gasteiger partial charge in [-0.3, -0.25) is 4.68 Å². The summed E-state index contributed by atoms with van der Waals surface area (Å²) in [4.78, 5) is 4.46. The van der Waals surface area contributed by atoms with E-state index in [4.69, 9.17) is 22.4 Å². The van der Waals surface area contributed by atoms with Crippen LogP contribution >= 0.6 is 11.6 Å². The second-order valence-electron chi connectivity index (χ2n) is 6.97. The summed E-state index contributed by atoms with van der Waals surface area (Å²) in [5.41, 5.74) is 8.65. The first-order valence-electron chi connectivity index (χ1n) is 9.02. The smallest absolute Gasteiger partial charge is 0.178 e. The Balaban J connectivity index is 1.52. The highest BCUT2D eigenvalue weighted by Crippen LogP contribution is 2.45. The van der Waals surface area contributed by atoms with E-state index in [2.05, 4.69) is 39.3 Å². The fourth-order valence-corrected chi connectivity index (χ4v) is 3.50. The summed E-state index contributed by atoms with van der Waals surface area (Å²) in [5, 5.41) is 22.0. The lowest BCUT2D eigenvalue weighted by atomic mass is 10.2. The van der Waals surface area contributed by atoms with E-state index >= 15 is 0 Å². The number of halogens is 1. The average Bonchev–Trinajstić information content (AvgIpc) is 3.23. The van der Waals surface area contributed by atoms with Gasteiger partial charge in [0, 0.05) is 19.2 Å². The highest BCUT2D eigenvalue weighted by atomic mass is 35.5. The Bertz CT molecular complexity index is 1050. The first kappa shape index (κ1) is 17.6. The first-order chi connectivity index (χ1) is 13.0. The summed E-state index contributed by atoms with van der Waals surface area (Å²) in [6.07, 6.45) is 6.28. The molecule has 0 bridgehead atoms. The Kier molecular flexibility index (Phi) is 4.19. The Morgan fingerprint density at radius 3 is 2.85 bits per heavy atom. The molecule has 3 heterocycles. The van der Waals surface area contributed by atoms with Crippen LogP contribution < -0.4 is 11.1 Å². The normalized spacial score (nSPS) is 15.0. The minimum absolute atomic E-state index is 0.225. The Morgan fingerprint density at radius 1 is 1.41 bits per heavy atom. The third-order valence-corrected chi connectivity index (χ3v) is 5.75. The van der Waals surface area contributed by atoms with Crippen molar-refractivity contribution in [3.8, 4) is 6.07 Å². The maximum Gasteiger partial charge on any atom is 0.178 e. The number of nitriles is 1. The van der Waals surface area contributed by atoms with Crippen molar-refractivity contribution in [2.45, 2.75) is 45.1 Å². The number of hydrogen-bond acceptors (Lipinski definition) is 6. The fourth-order valence-electron chi connectivity index (χ4n) is 3.34. The third kappa shape index (κ3) is 2.88. The molecule has 4 rings (SSSR count). The van der Waals surface area contributed by atoms with Crippen molar-refractivity contribution in [3.05, 3.63) is 34.2 Å². The number of nitrogens with one attached hydrogen (secondary N) is 1. The zero-order valence-electron chi connectivity index (χ0n) is 15.3. The number of nitrogen functional groups attached to an aromatic ring is 1. The van der Waals surface area contributed by atoms with Crippen LogP contribution in [-0.2, 0) is 12.0 Å². The summed E-state index contributed by atoms with van der Waals surface area (Å²) in [5.74, 6) is 0.638. The minimum Gasteiger partial charge on any atom is -0.382 e. The number of aryl methyl sites for hydroxylation is 1. The monoisotopic (exact) mass is 384 g/mol. The van der Waals surface area contributed by atoms with Crippen LogP contribution in [0.25, 0.3) is 5.65 Å². The van der Waals surface area contributed by atoms with Gasteiger partial charge in [-0.25, -0.2) is 4.98 Å². The van der Waals surface area contributed by atoms with Crippen molar-refractivity contribution in [1.82, 2.24) is 24.4 Å². The summed E-state index contributed by atoms with van der Waals surface area (Å²) >= 11 is 6.25. The molecule has 0 aliphatic heterocycles. The van der Waals surface area contributed by atoms with Gasteiger partial charge >= 0.3 is 0 Å². The molecule has 3 aromatic heterocycles. The van der Waals surface area contributed by atoms with Gasteiger partial charge in [0.15, 0.2) is 5.65 Å². The van der Waals surface area contributed by atoms with Crippen LogP contribution in [-0.4, -0.2) is 30.9 Å². The maximum atomic E-state index is 9.48. The highest BCUT2D eigenvalue weighted by molar-refractivity contribution is 6.34. The number of nitrogens with two attached hydrogens (primary N) is 1. The van der Waals surface area contributed by atoms with Crippen molar-refractivity contribution in [2.24, 2.45) is 0 Å². The SMILES string of the molecule is CCC1(n2ccc(CCNc3nc4c(Cl)c(C)nn4c(N)c3C#N)n2)CC1. The maximum absolute atomic E-state index is 9.48. The second kappa shape index (κ2) is 6.43. The molecule has 9 heteroatoms. The van der Waals surface area contributed by atoms with Crippen molar-refractivity contribution >= 4 is 28.9 Å². The average molecular weight is 385 g/mol. The van der Waals surface area contributed by atoms with Gasteiger partial charge in [0.2, 0.25) is 0 Å². The molecule has 27 heavy (non-hydrogen) atoms. The number of rotatable bonds is 6. The highest BCUT2D eigenvalue weighted by Gasteiger charge is 2.43. The van der Waals surface area contributed by atoms with E-state index in [1.807, 2.05) is 6.07 Å². The van der Waals surface area contributed by atoms with Crippen LogP contribution in [0.5, 0.6) is 0 Å². The molecule has 140 valence electrons. The summed E-state index contributed by atoms with van der Waals surface area (Å²) in [6, 6.07) is 4.15. The minimum atomic E-state index is 0.225. The van der Waals surface area contributed by atoms with Gasteiger partial charge < -0.3 is 11.1 Å². The van der Waals surface area contributed by atoms with Crippen molar-refractivity contribution in [3.63, 3.8) is 0 Å². The molecule has 1 aliphatic carbocycles. The van der Waals surface area contributed by atoms with Crippen LogP contribution in [0.2, 0.25) is 5.02 Å². The lowest BCUT2D eigenvalue weighted by Gasteiger charge is -2.12. The molecule has 0 atom stereocenters. The van der Waals surface area contributed by atoms with Crippen LogP contribution in [0.3, 0.4) is 0 Å². The van der Waals surface area contributed by atoms with Gasteiger partial charge in [-0.15, -0.1) is 0 Å². The standard InChI is InChI=1S/C18H21ClN8/c1-3-18(6-7-18)26-9-5-12(25-26)4-8-22-16-13(10-20)15(21)27-17(23-16)14(19)11(2)24-27/h5,9H,3-4,6-8,21H2,1-2H3,(H,22,23). The van der Waals surface area contributed by atoms with Gasteiger partial charge in [0.05, 0.1) is 16.9 Å². The molecule has 0 saturated heterocycles. The van der Waals surface area contributed by atoms with Gasteiger partial charge in [0.1, 0.15) is 28.3 Å². The predicted octanol–water partition coefficient (Wildman–Crippen LogP) is 2.90. The summed E-state index contributed by atoms with van der Waals surface area (Å²) < 4.78 is 3.50. The first-order valence-corrected chi connectivity index (χ1v) is 9.40. The van der Waals surface area contributed by atoms with E-state index < -0.39 is 0 Å². The lowest BCUT2D eigenvalue weighted by Crippen LogP contribution is -2.17. The molecule has 8 nitrogen and oxygen atoms in total. The van der Waals surface area contributed by atoms with Crippen molar-refractivity contribution in [1.29, 1.82) is 5.26 Å². The van der Waals surface area contributed by atoms with E-state index in [1.54, 1.807) is 6.92 Å². The van der Waals surface area contributed by atoms with E-state index in [9.17, 15) is 5.26 Å².